The van der Waals surface area contributed by atoms with Crippen molar-refractivity contribution in [3.8, 4) is 0 Å². The Morgan fingerprint density at radius 2 is 0.973 bits per heavy atom. The number of benzene rings is 3. The molecule has 0 aliphatic rings. The third-order valence-corrected chi connectivity index (χ3v) is 6.46. The Balaban J connectivity index is 1.70. The van der Waals surface area contributed by atoms with Gasteiger partial charge in [0.2, 0.25) is 0 Å². The van der Waals surface area contributed by atoms with Gasteiger partial charge < -0.3 is 0 Å². The second-order valence-electron chi connectivity index (χ2n) is 9.07. The summed E-state index contributed by atoms with van der Waals surface area (Å²) in [5.74, 6) is 1.49. The normalized spacial score (nSPS) is 11.8. The molecular formula is C31H30N6. The lowest BCUT2D eigenvalue weighted by Crippen LogP contribution is -2.06. The fraction of sp³-hybridized carbons (Fsp3) is 0.161. The van der Waals surface area contributed by atoms with E-state index in [1.165, 1.54) is 0 Å². The molecule has 2 heterocycles. The lowest BCUT2D eigenvalue weighted by molar-refractivity contribution is 0.759. The lowest BCUT2D eigenvalue weighted by atomic mass is 9.84. The molecule has 0 amide bonds. The molecule has 0 atom stereocenters. The molecule has 6 heteroatoms. The van der Waals surface area contributed by atoms with E-state index in [-0.39, 0.29) is 5.92 Å². The first-order chi connectivity index (χ1) is 18.0. The molecule has 0 bridgehead atoms. The van der Waals surface area contributed by atoms with Gasteiger partial charge in [0.25, 0.3) is 0 Å². The average Bonchev–Trinajstić information content (AvgIpc) is 3.36. The van der Waals surface area contributed by atoms with E-state index in [1.54, 1.807) is 0 Å². The summed E-state index contributed by atoms with van der Waals surface area (Å²) in [5.41, 5.74) is 7.17. The number of aromatic nitrogens is 4. The maximum absolute atomic E-state index is 4.94. The molecule has 0 saturated heterocycles. The Morgan fingerprint density at radius 3 is 1.38 bits per heavy atom. The minimum absolute atomic E-state index is 0.144. The molecule has 184 valence electrons. The Bertz CT molecular complexity index is 1440. The highest BCUT2D eigenvalue weighted by Gasteiger charge is 2.31. The Morgan fingerprint density at radius 1 is 0.595 bits per heavy atom. The summed E-state index contributed by atoms with van der Waals surface area (Å²) in [7, 11) is 3.89. The van der Waals surface area contributed by atoms with Gasteiger partial charge in [0.1, 0.15) is 0 Å². The summed E-state index contributed by atoms with van der Waals surface area (Å²) >= 11 is 0. The number of aryl methyl sites for hydroxylation is 4. The van der Waals surface area contributed by atoms with Crippen molar-refractivity contribution in [2.45, 2.75) is 19.8 Å². The van der Waals surface area contributed by atoms with Gasteiger partial charge in [0.15, 0.2) is 11.6 Å². The quantitative estimate of drug-likeness (QED) is 0.248. The van der Waals surface area contributed by atoms with Crippen molar-refractivity contribution < 1.29 is 0 Å². The molecule has 0 aliphatic heterocycles. The van der Waals surface area contributed by atoms with Crippen molar-refractivity contribution in [3.63, 3.8) is 0 Å². The summed E-state index contributed by atoms with van der Waals surface area (Å²) < 4.78 is 3.72. The number of hydrogen-bond donors (Lipinski definition) is 0. The first-order valence-corrected chi connectivity index (χ1v) is 12.3. The monoisotopic (exact) mass is 486 g/mol. The standard InChI is InChI=1S/C31H30N6/c1-22-27(30(36(3)34-22)32-20-24-14-8-5-9-15-24)29(26-18-12-7-13-19-26)28-23(2)35-37(4)31(28)33-21-25-16-10-6-11-17-25/h5-21,29H,1-4H3/b32-20+,33-21+. The van der Waals surface area contributed by atoms with Gasteiger partial charge in [0, 0.05) is 43.6 Å². The SMILES string of the molecule is Cc1nn(C)c(/N=C/c2ccccc2)c1C(c1ccccc1)c1c(C)nn(C)c1/N=C/c1ccccc1. The van der Waals surface area contributed by atoms with Crippen molar-refractivity contribution in [1.29, 1.82) is 0 Å². The van der Waals surface area contributed by atoms with Gasteiger partial charge in [-0.25, -0.2) is 9.98 Å². The maximum Gasteiger partial charge on any atom is 0.154 e. The van der Waals surface area contributed by atoms with Gasteiger partial charge in [-0.05, 0) is 30.5 Å². The fourth-order valence-corrected chi connectivity index (χ4v) is 4.78. The van der Waals surface area contributed by atoms with Gasteiger partial charge in [-0.2, -0.15) is 10.2 Å². The molecule has 0 saturated carbocycles. The van der Waals surface area contributed by atoms with Crippen LogP contribution in [0.25, 0.3) is 0 Å². The molecule has 3 aromatic carbocycles. The molecule has 0 fully saturated rings. The molecule has 5 aromatic rings. The topological polar surface area (TPSA) is 60.4 Å². The Kier molecular flexibility index (Phi) is 6.90. The van der Waals surface area contributed by atoms with Crippen LogP contribution in [0.5, 0.6) is 0 Å². The summed E-state index contributed by atoms with van der Waals surface area (Å²) in [5, 5.41) is 9.58. The van der Waals surface area contributed by atoms with Crippen molar-refractivity contribution in [3.05, 3.63) is 130 Å². The second kappa shape index (κ2) is 10.6. The summed E-state index contributed by atoms with van der Waals surface area (Å²) in [6, 6.07) is 30.7. The Hall–Kier alpha value is -4.58. The van der Waals surface area contributed by atoms with E-state index in [0.717, 1.165) is 50.8 Å². The van der Waals surface area contributed by atoms with E-state index in [0.29, 0.717) is 0 Å². The van der Waals surface area contributed by atoms with E-state index < -0.39 is 0 Å². The molecule has 0 unspecified atom stereocenters. The zero-order valence-electron chi connectivity index (χ0n) is 21.6. The van der Waals surface area contributed by atoms with Crippen LogP contribution in [-0.2, 0) is 14.1 Å². The zero-order chi connectivity index (χ0) is 25.8. The minimum Gasteiger partial charge on any atom is -0.250 e. The van der Waals surface area contributed by atoms with Crippen LogP contribution in [0.1, 0.15) is 45.1 Å². The molecule has 0 N–H and O–H groups in total. The molecule has 0 aliphatic carbocycles. The van der Waals surface area contributed by atoms with Gasteiger partial charge >= 0.3 is 0 Å². The minimum atomic E-state index is -0.144. The lowest BCUT2D eigenvalue weighted by Gasteiger charge is -2.19. The highest BCUT2D eigenvalue weighted by atomic mass is 15.3. The highest BCUT2D eigenvalue weighted by Crippen LogP contribution is 2.43. The average molecular weight is 487 g/mol. The molecule has 37 heavy (non-hydrogen) atoms. The van der Waals surface area contributed by atoms with Gasteiger partial charge in [-0.1, -0.05) is 91.0 Å². The molecule has 6 nitrogen and oxygen atoms in total. The van der Waals surface area contributed by atoms with E-state index in [9.17, 15) is 0 Å². The van der Waals surface area contributed by atoms with Crippen molar-refractivity contribution >= 4 is 24.1 Å². The van der Waals surface area contributed by atoms with Crippen molar-refractivity contribution in [1.82, 2.24) is 19.6 Å². The van der Waals surface area contributed by atoms with Gasteiger partial charge in [-0.15, -0.1) is 0 Å². The van der Waals surface area contributed by atoms with Crippen molar-refractivity contribution in [2.24, 2.45) is 24.1 Å². The summed E-state index contributed by atoms with van der Waals surface area (Å²) in [6.45, 7) is 4.09. The zero-order valence-corrected chi connectivity index (χ0v) is 21.6. The first-order valence-electron chi connectivity index (χ1n) is 12.3. The van der Waals surface area contributed by atoms with E-state index >= 15 is 0 Å². The fourth-order valence-electron chi connectivity index (χ4n) is 4.78. The van der Waals surface area contributed by atoms with Crippen LogP contribution in [-0.4, -0.2) is 32.0 Å². The number of nitrogens with zero attached hydrogens (tertiary/aromatic N) is 6. The van der Waals surface area contributed by atoms with Crippen LogP contribution < -0.4 is 0 Å². The maximum atomic E-state index is 4.94. The smallest absolute Gasteiger partial charge is 0.154 e. The number of rotatable bonds is 7. The van der Waals surface area contributed by atoms with Crippen LogP contribution >= 0.6 is 0 Å². The van der Waals surface area contributed by atoms with E-state index in [4.69, 9.17) is 20.2 Å². The van der Waals surface area contributed by atoms with E-state index in [1.807, 2.05) is 116 Å². The number of hydrogen-bond acceptors (Lipinski definition) is 4. The molecule has 5 rings (SSSR count). The second-order valence-corrected chi connectivity index (χ2v) is 9.07. The molecule has 0 spiro atoms. The summed E-state index contributed by atoms with van der Waals surface area (Å²) in [4.78, 5) is 9.88. The predicted molar refractivity (Wildman–Crippen MR) is 151 cm³/mol. The Labute approximate surface area is 217 Å². The summed E-state index contributed by atoms with van der Waals surface area (Å²) in [6.07, 6.45) is 3.79. The largest absolute Gasteiger partial charge is 0.250 e. The van der Waals surface area contributed by atoms with Crippen LogP contribution in [0.3, 0.4) is 0 Å². The third kappa shape index (κ3) is 5.05. The van der Waals surface area contributed by atoms with Gasteiger partial charge in [0.05, 0.1) is 11.4 Å². The van der Waals surface area contributed by atoms with Crippen molar-refractivity contribution in [2.75, 3.05) is 0 Å². The highest BCUT2D eigenvalue weighted by molar-refractivity contribution is 5.83. The van der Waals surface area contributed by atoms with Crippen LogP contribution in [0, 0.1) is 13.8 Å². The molecule has 0 radical (unpaired) electrons. The third-order valence-electron chi connectivity index (χ3n) is 6.46. The van der Waals surface area contributed by atoms with Crippen LogP contribution in [0.15, 0.2) is 101 Å². The predicted octanol–water partition coefficient (Wildman–Crippen LogP) is 6.45. The number of aliphatic imine (C=N–C) groups is 2. The van der Waals surface area contributed by atoms with Crippen LogP contribution in [0.2, 0.25) is 0 Å². The molecule has 2 aromatic heterocycles. The van der Waals surface area contributed by atoms with Gasteiger partial charge in [-0.3, -0.25) is 9.36 Å². The molecular weight excluding hydrogens is 456 g/mol. The van der Waals surface area contributed by atoms with E-state index in [2.05, 4.69) is 24.3 Å². The van der Waals surface area contributed by atoms with Crippen LogP contribution in [0.4, 0.5) is 11.6 Å². The first kappa shape index (κ1) is 24.1.